The van der Waals surface area contributed by atoms with Crippen LogP contribution in [0.1, 0.15) is 18.1 Å². The van der Waals surface area contributed by atoms with Crippen LogP contribution >= 0.6 is 27.5 Å². The van der Waals surface area contributed by atoms with E-state index in [4.69, 9.17) is 30.5 Å². The summed E-state index contributed by atoms with van der Waals surface area (Å²) in [6, 6.07) is 27.7. The molecule has 0 unspecified atom stereocenters. The lowest BCUT2D eigenvalue weighted by Gasteiger charge is -2.13. The Hall–Kier alpha value is -4.40. The Morgan fingerprint density at radius 1 is 0.976 bits per heavy atom. The third-order valence-electron chi connectivity index (χ3n) is 6.38. The van der Waals surface area contributed by atoms with E-state index in [2.05, 4.69) is 21.0 Å². The summed E-state index contributed by atoms with van der Waals surface area (Å²) < 4.78 is 20.1. The van der Waals surface area contributed by atoms with E-state index in [0.717, 1.165) is 15.4 Å². The molecule has 0 spiro atoms. The van der Waals surface area contributed by atoms with Crippen LogP contribution in [0.15, 0.2) is 110 Å². The van der Waals surface area contributed by atoms with Crippen LogP contribution in [0.25, 0.3) is 33.5 Å². The summed E-state index contributed by atoms with van der Waals surface area (Å²) in [6.45, 7) is 2.64. The zero-order chi connectivity index (χ0) is 28.3. The fraction of sp³-hybridized carbons (Fsp3) is 0.0938. The Balaban J connectivity index is 1.38. The van der Waals surface area contributed by atoms with Crippen LogP contribution in [0.5, 0.6) is 11.5 Å². The van der Waals surface area contributed by atoms with Gasteiger partial charge in [0.25, 0.3) is 5.56 Å². The van der Waals surface area contributed by atoms with E-state index in [9.17, 15) is 4.79 Å². The molecule has 0 amide bonds. The summed E-state index contributed by atoms with van der Waals surface area (Å²) >= 11 is 9.77. The van der Waals surface area contributed by atoms with Crippen LogP contribution in [0.3, 0.4) is 0 Å². The predicted octanol–water partition coefficient (Wildman–Crippen LogP) is 8.09. The van der Waals surface area contributed by atoms with Crippen molar-refractivity contribution in [3.63, 3.8) is 0 Å². The van der Waals surface area contributed by atoms with E-state index >= 15 is 0 Å². The third kappa shape index (κ3) is 5.62. The Morgan fingerprint density at radius 2 is 1.80 bits per heavy atom. The molecule has 7 nitrogen and oxygen atoms in total. The van der Waals surface area contributed by atoms with E-state index in [1.807, 2.05) is 79.7 Å². The van der Waals surface area contributed by atoms with Gasteiger partial charge >= 0.3 is 0 Å². The Bertz CT molecular complexity index is 1980. The minimum Gasteiger partial charge on any atom is -0.490 e. The Labute approximate surface area is 248 Å². The highest BCUT2D eigenvalue weighted by Crippen LogP contribution is 2.31. The lowest BCUT2D eigenvalue weighted by molar-refractivity contribution is 0.269. The van der Waals surface area contributed by atoms with Gasteiger partial charge in [-0.05, 0) is 73.2 Å². The average Bonchev–Trinajstić information content (AvgIpc) is 3.40. The van der Waals surface area contributed by atoms with Crippen LogP contribution in [0.2, 0.25) is 5.02 Å². The highest BCUT2D eigenvalue weighted by Gasteiger charge is 2.17. The molecule has 0 atom stereocenters. The summed E-state index contributed by atoms with van der Waals surface area (Å²) in [5.74, 6) is 1.84. The summed E-state index contributed by atoms with van der Waals surface area (Å²) in [7, 11) is 0. The maximum atomic E-state index is 13.6. The van der Waals surface area contributed by atoms with Crippen LogP contribution in [-0.2, 0) is 6.61 Å². The van der Waals surface area contributed by atoms with Gasteiger partial charge in [0.05, 0.1) is 23.7 Å². The average molecular weight is 629 g/mol. The van der Waals surface area contributed by atoms with Gasteiger partial charge in [-0.2, -0.15) is 9.78 Å². The molecular weight excluding hydrogens is 606 g/mol. The lowest BCUT2D eigenvalue weighted by Crippen LogP contribution is -2.20. The van der Waals surface area contributed by atoms with E-state index in [-0.39, 0.29) is 5.56 Å². The molecule has 6 aromatic rings. The Morgan fingerprint density at radius 3 is 2.66 bits per heavy atom. The molecule has 0 radical (unpaired) electrons. The maximum Gasteiger partial charge on any atom is 0.282 e. The molecule has 4 aromatic carbocycles. The predicted molar refractivity (Wildman–Crippen MR) is 165 cm³/mol. The molecule has 0 aliphatic rings. The van der Waals surface area contributed by atoms with Crippen molar-refractivity contribution >= 4 is 55.6 Å². The zero-order valence-corrected chi connectivity index (χ0v) is 24.2. The van der Waals surface area contributed by atoms with Gasteiger partial charge in [0, 0.05) is 20.4 Å². The molecule has 2 aromatic heterocycles. The largest absolute Gasteiger partial charge is 0.490 e. The number of ether oxygens (including phenoxy) is 2. The van der Waals surface area contributed by atoms with Crippen molar-refractivity contribution in [1.82, 2.24) is 9.66 Å². The molecule has 41 heavy (non-hydrogen) atoms. The van der Waals surface area contributed by atoms with E-state index in [0.29, 0.717) is 63.4 Å². The molecule has 2 heterocycles. The summed E-state index contributed by atoms with van der Waals surface area (Å²) in [5, 5.41) is 6.52. The van der Waals surface area contributed by atoms with Crippen molar-refractivity contribution < 1.29 is 13.9 Å². The van der Waals surface area contributed by atoms with Gasteiger partial charge in [-0.15, -0.1) is 0 Å². The molecule has 0 saturated heterocycles. The fourth-order valence-electron chi connectivity index (χ4n) is 4.40. The number of rotatable bonds is 8. The minimum absolute atomic E-state index is 0.294. The quantitative estimate of drug-likeness (QED) is 0.159. The topological polar surface area (TPSA) is 78.9 Å². The van der Waals surface area contributed by atoms with Gasteiger partial charge in [0.1, 0.15) is 12.2 Å². The molecular formula is C32H23BrClN3O4. The molecule has 0 saturated carbocycles. The molecule has 204 valence electrons. The number of hydrogen-bond acceptors (Lipinski definition) is 6. The minimum atomic E-state index is -0.312. The summed E-state index contributed by atoms with van der Waals surface area (Å²) in [4.78, 5) is 18.3. The normalized spacial score (nSPS) is 11.5. The van der Waals surface area contributed by atoms with E-state index < -0.39 is 0 Å². The lowest BCUT2D eigenvalue weighted by atomic mass is 10.2. The van der Waals surface area contributed by atoms with Crippen molar-refractivity contribution in [1.29, 1.82) is 0 Å². The van der Waals surface area contributed by atoms with Gasteiger partial charge in [-0.3, -0.25) is 4.79 Å². The van der Waals surface area contributed by atoms with E-state index in [1.165, 1.54) is 4.68 Å². The maximum absolute atomic E-state index is 13.6. The molecule has 0 fully saturated rings. The highest BCUT2D eigenvalue weighted by atomic mass is 79.9. The monoisotopic (exact) mass is 627 g/mol. The first-order valence-electron chi connectivity index (χ1n) is 12.9. The second kappa shape index (κ2) is 11.6. The number of halogens is 2. The summed E-state index contributed by atoms with van der Waals surface area (Å²) in [6.07, 6.45) is 1.58. The van der Waals surface area contributed by atoms with Gasteiger partial charge in [-0.1, -0.05) is 57.9 Å². The van der Waals surface area contributed by atoms with Crippen LogP contribution in [-0.4, -0.2) is 22.5 Å². The second-order valence-corrected chi connectivity index (χ2v) is 10.4. The molecule has 0 bridgehead atoms. The van der Waals surface area contributed by atoms with Crippen molar-refractivity contribution in [2.75, 3.05) is 6.61 Å². The highest BCUT2D eigenvalue weighted by molar-refractivity contribution is 9.10. The number of fused-ring (bicyclic) bond motifs is 2. The van der Waals surface area contributed by atoms with Crippen molar-refractivity contribution in [2.45, 2.75) is 13.5 Å². The van der Waals surface area contributed by atoms with E-state index in [1.54, 1.807) is 24.4 Å². The number of hydrogen-bond donors (Lipinski definition) is 0. The number of nitrogens with zero attached hydrogens (tertiary/aromatic N) is 3. The summed E-state index contributed by atoms with van der Waals surface area (Å²) in [5.41, 5.74) is 2.50. The second-order valence-electron chi connectivity index (χ2n) is 9.13. The smallest absolute Gasteiger partial charge is 0.282 e. The van der Waals surface area contributed by atoms with Crippen LogP contribution in [0.4, 0.5) is 0 Å². The fourth-order valence-corrected chi connectivity index (χ4v) is 4.97. The first-order valence-corrected chi connectivity index (χ1v) is 14.1. The van der Waals surface area contributed by atoms with Gasteiger partial charge in [0.15, 0.2) is 17.3 Å². The third-order valence-corrected chi connectivity index (χ3v) is 7.25. The first-order chi connectivity index (χ1) is 20.0. The number of para-hydroxylation sites is 1. The first kappa shape index (κ1) is 26.8. The Kier molecular flexibility index (Phi) is 7.59. The van der Waals surface area contributed by atoms with Crippen LogP contribution < -0.4 is 15.0 Å². The number of aromatic nitrogens is 2. The van der Waals surface area contributed by atoms with Crippen LogP contribution in [0, 0.1) is 0 Å². The number of benzene rings is 4. The standard InChI is InChI=1S/C32H23BrClN3O4/c1-2-39-29-15-20(11-13-28(29)40-19-21-7-3-5-9-25(21)34)18-35-37-31(36-26-10-6-4-8-24(26)32(37)38)30-17-22-16-23(33)12-14-27(22)41-30/h3-18H,2,19H2,1H3. The molecule has 0 aliphatic carbocycles. The molecule has 0 N–H and O–H groups in total. The SMILES string of the molecule is CCOc1cc(C=Nn2c(-c3cc4cc(Br)ccc4o3)nc3ccccc3c2=O)ccc1OCc1ccccc1Cl. The molecule has 6 rings (SSSR count). The number of furan rings is 1. The van der Waals surface area contributed by atoms with Gasteiger partial charge in [-0.25, -0.2) is 4.98 Å². The van der Waals surface area contributed by atoms with Crippen molar-refractivity contribution in [3.05, 3.63) is 122 Å². The zero-order valence-electron chi connectivity index (χ0n) is 21.9. The van der Waals surface area contributed by atoms with Gasteiger partial charge < -0.3 is 13.9 Å². The van der Waals surface area contributed by atoms with Crippen molar-refractivity contribution in [3.8, 4) is 23.1 Å². The van der Waals surface area contributed by atoms with Crippen molar-refractivity contribution in [2.24, 2.45) is 5.10 Å². The van der Waals surface area contributed by atoms with Gasteiger partial charge in [0.2, 0.25) is 5.82 Å². The molecule has 0 aliphatic heterocycles. The molecule has 9 heteroatoms.